The van der Waals surface area contributed by atoms with E-state index in [2.05, 4.69) is 28.2 Å². The van der Waals surface area contributed by atoms with Gasteiger partial charge in [0, 0.05) is 12.8 Å². The van der Waals surface area contributed by atoms with Crippen molar-refractivity contribution in [1.82, 2.24) is 0 Å². The number of piperidine rings is 3. The molecule has 0 aliphatic carbocycles. The number of likely N-dealkylation sites (N-methyl/N-ethyl adjacent to an activating group) is 1. The number of carbonyl (C=O) groups is 1. The van der Waals surface area contributed by atoms with Crippen molar-refractivity contribution in [2.75, 3.05) is 61.0 Å². The van der Waals surface area contributed by atoms with Gasteiger partial charge < -0.3 is 61.7 Å². The Morgan fingerprint density at radius 2 is 1.75 bits per heavy atom. The van der Waals surface area contributed by atoms with Crippen molar-refractivity contribution in [1.29, 1.82) is 0 Å². The molecule has 1 unspecified atom stereocenters. The third-order valence-corrected chi connectivity index (χ3v) is 4.60. The molecule has 0 amide bonds. The van der Waals surface area contributed by atoms with E-state index < -0.39 is 0 Å². The van der Waals surface area contributed by atoms with Crippen LogP contribution in [-0.4, -0.2) is 75.9 Å². The summed E-state index contributed by atoms with van der Waals surface area (Å²) in [6.45, 7) is 4.92. The summed E-state index contributed by atoms with van der Waals surface area (Å²) < 4.78 is 7.41. The Morgan fingerprint density at radius 1 is 1.20 bits per heavy atom. The Balaban J connectivity index is 0.00000180. The average molecular weight is 510 g/mol. The van der Waals surface area contributed by atoms with Crippen molar-refractivity contribution in [3.63, 3.8) is 0 Å². The Labute approximate surface area is 157 Å². The summed E-state index contributed by atoms with van der Waals surface area (Å²) in [4.78, 5) is 12.2. The van der Waals surface area contributed by atoms with Gasteiger partial charge in [-0.1, -0.05) is 0 Å². The van der Waals surface area contributed by atoms with Crippen LogP contribution in [0.5, 0.6) is 0 Å². The zero-order chi connectivity index (χ0) is 13.4. The lowest BCUT2D eigenvalue weighted by atomic mass is 9.77. The van der Waals surface area contributed by atoms with Crippen molar-refractivity contribution in [3.8, 4) is 0 Å². The number of esters is 1. The van der Waals surface area contributed by atoms with Crippen molar-refractivity contribution in [2.45, 2.75) is 12.8 Å². The minimum absolute atomic E-state index is 0. The average Bonchev–Trinajstić information content (AvgIpc) is 2.27. The highest BCUT2D eigenvalue weighted by Crippen LogP contribution is 2.36. The summed E-state index contributed by atoms with van der Waals surface area (Å²) in [7, 11) is 8.64. The zero-order valence-corrected chi connectivity index (χ0v) is 17.4. The van der Waals surface area contributed by atoms with Gasteiger partial charge in [-0.3, -0.25) is 4.79 Å². The Bertz CT molecular complexity index is 324. The summed E-state index contributed by atoms with van der Waals surface area (Å²) in [6, 6.07) is 0. The lowest BCUT2D eigenvalue weighted by molar-refractivity contribution is -0.927. The van der Waals surface area contributed by atoms with Gasteiger partial charge in [0.05, 0.1) is 47.8 Å². The van der Waals surface area contributed by atoms with E-state index in [1.165, 1.54) is 25.9 Å². The van der Waals surface area contributed by atoms with Crippen LogP contribution in [0.1, 0.15) is 12.8 Å². The van der Waals surface area contributed by atoms with Gasteiger partial charge in [-0.15, -0.1) is 0 Å². The number of hydrogen-bond donors (Lipinski definition) is 0. The lowest BCUT2D eigenvalue weighted by Crippen LogP contribution is -3.00. The molecule has 1 atom stereocenters. The highest BCUT2D eigenvalue weighted by atomic mass is 127. The number of hydrogen-bond acceptors (Lipinski definition) is 2. The molecule has 0 N–H and O–H groups in total. The molecule has 0 aromatic carbocycles. The Hall–Kier alpha value is 0.850. The maximum absolute atomic E-state index is 12.2. The van der Waals surface area contributed by atoms with Crippen molar-refractivity contribution in [2.24, 2.45) is 11.8 Å². The first-order valence-corrected chi connectivity index (χ1v) is 7.10. The molecule has 6 heteroatoms. The number of halogens is 2. The van der Waals surface area contributed by atoms with E-state index in [9.17, 15) is 4.79 Å². The highest BCUT2D eigenvalue weighted by molar-refractivity contribution is 5.73. The standard InChI is InChI=1S/C14H28N2O2.2HI/c1-15(2,3)9-10-18-14(17)13-11-16(4)7-5-12(13)6-8-16;;/h12-13H,5-11H2,1-4H3;2*1H/q+2;;/p-2. The Kier molecular flexibility index (Phi) is 8.25. The Morgan fingerprint density at radius 3 is 2.20 bits per heavy atom. The molecule has 120 valence electrons. The predicted octanol–water partition coefficient (Wildman–Crippen LogP) is -5.27. The molecular weight excluding hydrogens is 482 g/mol. The van der Waals surface area contributed by atoms with E-state index in [-0.39, 0.29) is 59.8 Å². The van der Waals surface area contributed by atoms with Gasteiger partial charge in [0.25, 0.3) is 0 Å². The van der Waals surface area contributed by atoms with Gasteiger partial charge in [0.15, 0.2) is 0 Å². The van der Waals surface area contributed by atoms with Crippen molar-refractivity contribution < 1.29 is 66.5 Å². The monoisotopic (exact) mass is 510 g/mol. The third kappa shape index (κ3) is 5.57. The topological polar surface area (TPSA) is 26.3 Å². The molecule has 0 aromatic rings. The molecular formula is C14H28I2N2O2. The summed E-state index contributed by atoms with van der Waals surface area (Å²) in [5.74, 6) is 0.795. The van der Waals surface area contributed by atoms with Crippen LogP contribution in [0.4, 0.5) is 0 Å². The first-order valence-electron chi connectivity index (χ1n) is 7.10. The molecule has 0 saturated carbocycles. The van der Waals surface area contributed by atoms with Gasteiger partial charge >= 0.3 is 5.97 Å². The summed E-state index contributed by atoms with van der Waals surface area (Å²) in [6.07, 6.45) is 2.40. The lowest BCUT2D eigenvalue weighted by Gasteiger charge is -2.49. The van der Waals surface area contributed by atoms with Crippen LogP contribution in [0.3, 0.4) is 0 Å². The van der Waals surface area contributed by atoms with Gasteiger partial charge in [0.2, 0.25) is 0 Å². The van der Waals surface area contributed by atoms with Crippen LogP contribution in [0.15, 0.2) is 0 Å². The number of quaternary nitrogens is 2. The molecule has 2 bridgehead atoms. The second-order valence-corrected chi connectivity index (χ2v) is 7.37. The van der Waals surface area contributed by atoms with Gasteiger partial charge in [-0.25, -0.2) is 0 Å². The third-order valence-electron chi connectivity index (χ3n) is 4.60. The van der Waals surface area contributed by atoms with E-state index in [4.69, 9.17) is 4.74 Å². The minimum atomic E-state index is 0. The molecule has 3 rings (SSSR count). The summed E-state index contributed by atoms with van der Waals surface area (Å²) in [5, 5.41) is 0. The summed E-state index contributed by atoms with van der Waals surface area (Å²) in [5.41, 5.74) is 0. The van der Waals surface area contributed by atoms with E-state index in [0.717, 1.165) is 22.1 Å². The molecule has 3 aliphatic rings. The molecule has 0 aromatic heterocycles. The summed E-state index contributed by atoms with van der Waals surface area (Å²) >= 11 is 0. The quantitative estimate of drug-likeness (QED) is 0.215. The second-order valence-electron chi connectivity index (χ2n) is 7.37. The fourth-order valence-electron chi connectivity index (χ4n) is 3.21. The maximum Gasteiger partial charge on any atom is 0.315 e. The van der Waals surface area contributed by atoms with Crippen molar-refractivity contribution in [3.05, 3.63) is 0 Å². The van der Waals surface area contributed by atoms with E-state index >= 15 is 0 Å². The van der Waals surface area contributed by atoms with Crippen LogP contribution in [0.25, 0.3) is 0 Å². The molecule has 3 aliphatic heterocycles. The van der Waals surface area contributed by atoms with Gasteiger partial charge in [-0.05, 0) is 5.92 Å². The molecule has 3 heterocycles. The largest absolute Gasteiger partial charge is 1.00 e. The van der Waals surface area contributed by atoms with Crippen LogP contribution >= 0.6 is 0 Å². The van der Waals surface area contributed by atoms with E-state index in [1.54, 1.807) is 0 Å². The molecule has 3 fully saturated rings. The van der Waals surface area contributed by atoms with Gasteiger partial charge in [0.1, 0.15) is 19.1 Å². The van der Waals surface area contributed by atoms with Crippen molar-refractivity contribution >= 4 is 5.97 Å². The van der Waals surface area contributed by atoms with Crippen LogP contribution in [0.2, 0.25) is 0 Å². The number of carbonyl (C=O) groups excluding carboxylic acids is 1. The zero-order valence-electron chi connectivity index (χ0n) is 13.1. The molecule has 0 radical (unpaired) electrons. The van der Waals surface area contributed by atoms with Crippen LogP contribution in [0, 0.1) is 11.8 Å². The minimum Gasteiger partial charge on any atom is -1.00 e. The highest BCUT2D eigenvalue weighted by Gasteiger charge is 2.47. The smallest absolute Gasteiger partial charge is 0.315 e. The number of nitrogens with zero attached hydrogens (tertiary/aromatic N) is 2. The molecule has 4 nitrogen and oxygen atoms in total. The SMILES string of the molecule is C[N+](C)(C)CCOC(=O)C1C[N+]2(C)CCC1CC2.[I-].[I-]. The first-order chi connectivity index (χ1) is 8.29. The fourth-order valence-corrected chi connectivity index (χ4v) is 3.21. The number of ether oxygens (including phenoxy) is 1. The normalized spacial score (nSPS) is 32.0. The second kappa shape index (κ2) is 7.92. The fraction of sp³-hybridized carbons (Fsp3) is 0.929. The number of fused-ring (bicyclic) bond motifs is 3. The molecule has 20 heavy (non-hydrogen) atoms. The predicted molar refractivity (Wildman–Crippen MR) is 70.9 cm³/mol. The number of rotatable bonds is 4. The molecule has 3 saturated heterocycles. The molecule has 0 spiro atoms. The first kappa shape index (κ1) is 20.9. The van der Waals surface area contributed by atoms with E-state index in [0.29, 0.717) is 12.5 Å². The maximum atomic E-state index is 12.2. The van der Waals surface area contributed by atoms with E-state index in [1.807, 2.05) is 0 Å². The van der Waals surface area contributed by atoms with Gasteiger partial charge in [-0.2, -0.15) is 0 Å². The van der Waals surface area contributed by atoms with Crippen LogP contribution in [-0.2, 0) is 9.53 Å². The van der Waals surface area contributed by atoms with Crippen LogP contribution < -0.4 is 48.0 Å².